The summed E-state index contributed by atoms with van der Waals surface area (Å²) in [6.07, 6.45) is 4.05. The molecule has 0 aliphatic heterocycles. The summed E-state index contributed by atoms with van der Waals surface area (Å²) in [6.45, 7) is 11.0. The number of aromatic nitrogens is 3. The van der Waals surface area contributed by atoms with Crippen LogP contribution in [0.4, 0.5) is 0 Å². The summed E-state index contributed by atoms with van der Waals surface area (Å²) in [4.78, 5) is 0. The second-order valence-electron chi connectivity index (χ2n) is 4.32. The number of hydrogen-bond acceptors (Lipinski definition) is 4. The zero-order chi connectivity index (χ0) is 13.4. The summed E-state index contributed by atoms with van der Waals surface area (Å²) in [5, 5.41) is 11.7. The highest BCUT2D eigenvalue weighted by Crippen LogP contribution is 2.21. The van der Waals surface area contributed by atoms with Gasteiger partial charge in [0.1, 0.15) is 0 Å². The van der Waals surface area contributed by atoms with E-state index in [0.717, 1.165) is 38.2 Å². The molecule has 5 nitrogen and oxygen atoms in total. The first kappa shape index (κ1) is 15.1. The SMILES string of the molecule is CCCn1nncc1C(NCC)C(CC)OCC. The first-order chi connectivity index (χ1) is 8.78. The van der Waals surface area contributed by atoms with E-state index >= 15 is 0 Å². The summed E-state index contributed by atoms with van der Waals surface area (Å²) in [7, 11) is 0. The molecule has 1 heterocycles. The molecule has 0 bridgehead atoms. The summed E-state index contributed by atoms with van der Waals surface area (Å²) < 4.78 is 7.81. The Balaban J connectivity index is 2.90. The largest absolute Gasteiger partial charge is 0.376 e. The molecule has 1 aromatic heterocycles. The lowest BCUT2D eigenvalue weighted by atomic mass is 10.1. The van der Waals surface area contributed by atoms with Crippen molar-refractivity contribution < 1.29 is 4.74 Å². The second-order valence-corrected chi connectivity index (χ2v) is 4.32. The van der Waals surface area contributed by atoms with Gasteiger partial charge in [-0.15, -0.1) is 5.10 Å². The van der Waals surface area contributed by atoms with E-state index in [1.165, 1.54) is 0 Å². The quantitative estimate of drug-likeness (QED) is 0.733. The van der Waals surface area contributed by atoms with Gasteiger partial charge in [0.15, 0.2) is 0 Å². The molecule has 104 valence electrons. The molecule has 0 aromatic carbocycles. The molecule has 0 spiro atoms. The van der Waals surface area contributed by atoms with Crippen LogP contribution in [0.5, 0.6) is 0 Å². The molecule has 2 atom stereocenters. The van der Waals surface area contributed by atoms with E-state index in [4.69, 9.17) is 4.74 Å². The van der Waals surface area contributed by atoms with Crippen molar-refractivity contribution in [3.8, 4) is 0 Å². The van der Waals surface area contributed by atoms with Crippen molar-refractivity contribution in [2.24, 2.45) is 0 Å². The van der Waals surface area contributed by atoms with E-state index in [2.05, 4.69) is 36.4 Å². The minimum atomic E-state index is 0.168. The Morgan fingerprint density at radius 3 is 2.67 bits per heavy atom. The molecule has 0 amide bonds. The molecule has 0 saturated carbocycles. The fourth-order valence-electron chi connectivity index (χ4n) is 2.20. The predicted molar refractivity (Wildman–Crippen MR) is 72.4 cm³/mol. The summed E-state index contributed by atoms with van der Waals surface area (Å²) in [5.41, 5.74) is 1.12. The van der Waals surface area contributed by atoms with Crippen molar-refractivity contribution in [1.82, 2.24) is 20.3 Å². The van der Waals surface area contributed by atoms with E-state index in [1.807, 2.05) is 17.8 Å². The number of aryl methyl sites for hydroxylation is 1. The van der Waals surface area contributed by atoms with E-state index in [-0.39, 0.29) is 12.1 Å². The monoisotopic (exact) mass is 254 g/mol. The van der Waals surface area contributed by atoms with Gasteiger partial charge in [-0.1, -0.05) is 26.0 Å². The van der Waals surface area contributed by atoms with E-state index in [1.54, 1.807) is 0 Å². The van der Waals surface area contributed by atoms with Gasteiger partial charge < -0.3 is 10.1 Å². The number of ether oxygens (including phenoxy) is 1. The molecule has 2 unspecified atom stereocenters. The molecule has 18 heavy (non-hydrogen) atoms. The predicted octanol–water partition coefficient (Wildman–Crippen LogP) is 2.15. The zero-order valence-electron chi connectivity index (χ0n) is 12.0. The van der Waals surface area contributed by atoms with Crippen molar-refractivity contribution in [3.05, 3.63) is 11.9 Å². The van der Waals surface area contributed by atoms with Gasteiger partial charge in [-0.3, -0.25) is 0 Å². The van der Waals surface area contributed by atoms with Crippen LogP contribution >= 0.6 is 0 Å². The molecular weight excluding hydrogens is 228 g/mol. The van der Waals surface area contributed by atoms with Crippen LogP contribution in [0, 0.1) is 0 Å². The first-order valence-electron chi connectivity index (χ1n) is 7.01. The van der Waals surface area contributed by atoms with Gasteiger partial charge in [0.2, 0.25) is 0 Å². The molecule has 1 aromatic rings. The van der Waals surface area contributed by atoms with Gasteiger partial charge in [-0.2, -0.15) is 0 Å². The summed E-state index contributed by atoms with van der Waals surface area (Å²) >= 11 is 0. The fourth-order valence-corrected chi connectivity index (χ4v) is 2.20. The molecular formula is C13H26N4O. The summed E-state index contributed by atoms with van der Waals surface area (Å²) in [5.74, 6) is 0. The Labute approximate surface area is 110 Å². The molecule has 5 heteroatoms. The second kappa shape index (κ2) is 8.21. The lowest BCUT2D eigenvalue weighted by Gasteiger charge is -2.27. The third-order valence-electron chi connectivity index (χ3n) is 2.98. The Morgan fingerprint density at radius 2 is 2.11 bits per heavy atom. The van der Waals surface area contributed by atoms with Crippen LogP contribution in [0.2, 0.25) is 0 Å². The minimum absolute atomic E-state index is 0.168. The number of rotatable bonds is 9. The van der Waals surface area contributed by atoms with Crippen molar-refractivity contribution in [1.29, 1.82) is 0 Å². The maximum Gasteiger partial charge on any atom is 0.0783 e. The van der Waals surface area contributed by atoms with Crippen LogP contribution in [0.25, 0.3) is 0 Å². The smallest absolute Gasteiger partial charge is 0.0783 e. The molecule has 1 N–H and O–H groups in total. The minimum Gasteiger partial charge on any atom is -0.376 e. The highest BCUT2D eigenvalue weighted by atomic mass is 16.5. The van der Waals surface area contributed by atoms with Gasteiger partial charge in [0.25, 0.3) is 0 Å². The highest BCUT2D eigenvalue weighted by Gasteiger charge is 2.24. The van der Waals surface area contributed by atoms with Crippen LogP contribution in [-0.2, 0) is 11.3 Å². The Morgan fingerprint density at radius 1 is 1.33 bits per heavy atom. The average molecular weight is 254 g/mol. The van der Waals surface area contributed by atoms with E-state index in [9.17, 15) is 0 Å². The van der Waals surface area contributed by atoms with Gasteiger partial charge in [-0.25, -0.2) is 4.68 Å². The topological polar surface area (TPSA) is 52.0 Å². The van der Waals surface area contributed by atoms with Crippen LogP contribution in [-0.4, -0.2) is 34.2 Å². The standard InChI is InChI=1S/C13H26N4O/c1-5-9-17-11(10-15-16-17)13(14-7-3)12(6-2)18-8-4/h10,12-14H,5-9H2,1-4H3. The number of nitrogens with one attached hydrogen (secondary N) is 1. The molecule has 1 rings (SSSR count). The highest BCUT2D eigenvalue weighted by molar-refractivity contribution is 5.05. The zero-order valence-corrected chi connectivity index (χ0v) is 12.0. The fraction of sp³-hybridized carbons (Fsp3) is 0.846. The molecule has 0 fully saturated rings. The van der Waals surface area contributed by atoms with Crippen molar-refractivity contribution >= 4 is 0 Å². The lowest BCUT2D eigenvalue weighted by Crippen LogP contribution is -2.35. The Hall–Kier alpha value is -0.940. The van der Waals surface area contributed by atoms with Crippen molar-refractivity contribution in [3.63, 3.8) is 0 Å². The van der Waals surface area contributed by atoms with Gasteiger partial charge >= 0.3 is 0 Å². The van der Waals surface area contributed by atoms with E-state index < -0.39 is 0 Å². The van der Waals surface area contributed by atoms with Crippen LogP contribution in [0.15, 0.2) is 6.20 Å². The molecule has 0 radical (unpaired) electrons. The maximum absolute atomic E-state index is 5.83. The first-order valence-corrected chi connectivity index (χ1v) is 7.01. The Bertz CT molecular complexity index is 327. The van der Waals surface area contributed by atoms with E-state index in [0.29, 0.717) is 0 Å². The lowest BCUT2D eigenvalue weighted by molar-refractivity contribution is 0.0295. The number of nitrogens with zero attached hydrogens (tertiary/aromatic N) is 3. The van der Waals surface area contributed by atoms with Crippen LogP contribution in [0.1, 0.15) is 52.3 Å². The molecule has 0 aliphatic rings. The molecule has 0 saturated heterocycles. The van der Waals surface area contributed by atoms with Gasteiger partial charge in [0.05, 0.1) is 24.0 Å². The third-order valence-corrected chi connectivity index (χ3v) is 2.98. The average Bonchev–Trinajstić information content (AvgIpc) is 2.82. The third kappa shape index (κ3) is 3.78. The number of likely N-dealkylation sites (N-methyl/N-ethyl adjacent to an activating group) is 1. The number of hydrogen-bond donors (Lipinski definition) is 1. The Kier molecular flexibility index (Phi) is 6.90. The van der Waals surface area contributed by atoms with Crippen molar-refractivity contribution in [2.75, 3.05) is 13.2 Å². The maximum atomic E-state index is 5.83. The van der Waals surface area contributed by atoms with Crippen LogP contribution in [0.3, 0.4) is 0 Å². The van der Waals surface area contributed by atoms with Gasteiger partial charge in [0, 0.05) is 13.2 Å². The van der Waals surface area contributed by atoms with Crippen LogP contribution < -0.4 is 5.32 Å². The van der Waals surface area contributed by atoms with Crippen molar-refractivity contribution in [2.45, 2.75) is 59.2 Å². The van der Waals surface area contributed by atoms with Gasteiger partial charge in [-0.05, 0) is 26.3 Å². The summed E-state index contributed by atoms with van der Waals surface area (Å²) in [6, 6.07) is 0.168. The normalized spacial score (nSPS) is 14.7. The molecule has 0 aliphatic carbocycles.